The summed E-state index contributed by atoms with van der Waals surface area (Å²) in [6, 6.07) is 10.2. The Bertz CT molecular complexity index is 757. The molecule has 0 radical (unpaired) electrons. The highest BCUT2D eigenvalue weighted by molar-refractivity contribution is 7.99. The van der Waals surface area contributed by atoms with Gasteiger partial charge in [0.2, 0.25) is 0 Å². The Morgan fingerprint density at radius 3 is 2.50 bits per heavy atom. The summed E-state index contributed by atoms with van der Waals surface area (Å²) in [5.41, 5.74) is 0. The molecule has 0 saturated carbocycles. The van der Waals surface area contributed by atoms with Crippen LogP contribution in [-0.2, 0) is 10.0 Å². The zero-order chi connectivity index (χ0) is 17.0. The fourth-order valence-corrected chi connectivity index (χ4v) is 6.09. The third kappa shape index (κ3) is 4.18. The molecule has 0 aliphatic carbocycles. The van der Waals surface area contributed by atoms with Crippen molar-refractivity contribution in [3.05, 3.63) is 47.6 Å². The van der Waals surface area contributed by atoms with Crippen LogP contribution in [0.5, 0.6) is 0 Å². The molecule has 1 fully saturated rings. The van der Waals surface area contributed by atoms with Crippen LogP contribution in [0.25, 0.3) is 0 Å². The van der Waals surface area contributed by atoms with Crippen LogP contribution >= 0.6 is 23.1 Å². The molecular formula is C16H19FN2O2S3. The van der Waals surface area contributed by atoms with Gasteiger partial charge >= 0.3 is 0 Å². The summed E-state index contributed by atoms with van der Waals surface area (Å²) < 4.78 is 40.5. The summed E-state index contributed by atoms with van der Waals surface area (Å²) in [5.74, 6) is 0.605. The predicted molar refractivity (Wildman–Crippen MR) is 96.6 cm³/mol. The molecule has 130 valence electrons. The second-order valence-corrected chi connectivity index (χ2v) is 9.71. The zero-order valence-corrected chi connectivity index (χ0v) is 15.5. The molecule has 0 N–H and O–H groups in total. The Kier molecular flexibility index (Phi) is 5.93. The maximum absolute atomic E-state index is 13.6. The first-order valence-corrected chi connectivity index (χ1v) is 11.0. The molecule has 1 aromatic carbocycles. The van der Waals surface area contributed by atoms with E-state index in [0.717, 1.165) is 12.3 Å². The van der Waals surface area contributed by atoms with Gasteiger partial charge in [-0.05, 0) is 23.6 Å². The van der Waals surface area contributed by atoms with Crippen molar-refractivity contribution in [2.75, 3.05) is 38.5 Å². The van der Waals surface area contributed by atoms with Crippen LogP contribution < -0.4 is 0 Å². The second kappa shape index (κ2) is 7.97. The van der Waals surface area contributed by atoms with Gasteiger partial charge in [-0.25, -0.2) is 12.8 Å². The van der Waals surface area contributed by atoms with Gasteiger partial charge in [-0.2, -0.15) is 4.31 Å². The summed E-state index contributed by atoms with van der Waals surface area (Å²) in [6.07, 6.45) is 0. The van der Waals surface area contributed by atoms with Crippen molar-refractivity contribution in [2.24, 2.45) is 0 Å². The molecule has 1 aliphatic heterocycles. The van der Waals surface area contributed by atoms with Crippen molar-refractivity contribution in [1.29, 1.82) is 0 Å². The topological polar surface area (TPSA) is 40.6 Å². The van der Waals surface area contributed by atoms with Gasteiger partial charge in [0.15, 0.2) is 0 Å². The minimum atomic E-state index is -3.34. The maximum atomic E-state index is 13.6. The van der Waals surface area contributed by atoms with Gasteiger partial charge in [0, 0.05) is 43.4 Å². The van der Waals surface area contributed by atoms with Crippen LogP contribution in [-0.4, -0.2) is 56.1 Å². The molecule has 0 atom stereocenters. The molecule has 8 heteroatoms. The molecule has 1 aromatic heterocycles. The third-order valence-corrected chi connectivity index (χ3v) is 8.22. The van der Waals surface area contributed by atoms with Gasteiger partial charge in [0.1, 0.15) is 10.0 Å². The normalized spacial score (nSPS) is 17.2. The van der Waals surface area contributed by atoms with Gasteiger partial charge in [0.25, 0.3) is 10.0 Å². The van der Waals surface area contributed by atoms with Crippen LogP contribution in [0.4, 0.5) is 4.39 Å². The largest absolute Gasteiger partial charge is 0.300 e. The van der Waals surface area contributed by atoms with Crippen molar-refractivity contribution < 1.29 is 12.8 Å². The molecule has 0 spiro atoms. The average molecular weight is 387 g/mol. The summed E-state index contributed by atoms with van der Waals surface area (Å²) >= 11 is 2.75. The Hall–Kier alpha value is -0.930. The first-order valence-electron chi connectivity index (χ1n) is 7.71. The van der Waals surface area contributed by atoms with E-state index in [4.69, 9.17) is 0 Å². The first-order chi connectivity index (χ1) is 11.6. The number of hydrogen-bond acceptors (Lipinski definition) is 5. The van der Waals surface area contributed by atoms with E-state index < -0.39 is 10.0 Å². The minimum Gasteiger partial charge on any atom is -0.300 e. The number of thioether (sulfide) groups is 1. The summed E-state index contributed by atoms with van der Waals surface area (Å²) in [7, 11) is -3.34. The van der Waals surface area contributed by atoms with Gasteiger partial charge in [-0.15, -0.1) is 23.1 Å². The van der Waals surface area contributed by atoms with Crippen LogP contribution in [0.3, 0.4) is 0 Å². The van der Waals surface area contributed by atoms with Crippen LogP contribution in [0.15, 0.2) is 50.9 Å². The van der Waals surface area contributed by atoms with Gasteiger partial charge in [-0.1, -0.05) is 18.2 Å². The summed E-state index contributed by atoms with van der Waals surface area (Å²) in [6.45, 7) is 3.26. The predicted octanol–water partition coefficient (Wildman–Crippen LogP) is 2.99. The van der Waals surface area contributed by atoms with E-state index in [1.807, 2.05) is 6.07 Å². The van der Waals surface area contributed by atoms with E-state index in [9.17, 15) is 12.8 Å². The van der Waals surface area contributed by atoms with Crippen molar-refractivity contribution in [1.82, 2.24) is 9.21 Å². The summed E-state index contributed by atoms with van der Waals surface area (Å²) in [4.78, 5) is 2.89. The van der Waals surface area contributed by atoms with Gasteiger partial charge < -0.3 is 0 Å². The fourth-order valence-electron chi connectivity index (χ4n) is 2.58. The molecule has 0 amide bonds. The lowest BCUT2D eigenvalue weighted by atomic mass is 10.3. The Morgan fingerprint density at radius 1 is 1.08 bits per heavy atom. The SMILES string of the molecule is O=S(=O)(c1cccs1)N1CCN(CCSc2ccccc2F)CC1. The maximum Gasteiger partial charge on any atom is 0.252 e. The number of benzene rings is 1. The molecule has 2 aromatic rings. The minimum absolute atomic E-state index is 0.186. The molecular weight excluding hydrogens is 367 g/mol. The van der Waals surface area contributed by atoms with Gasteiger partial charge in [0.05, 0.1) is 0 Å². The van der Waals surface area contributed by atoms with Crippen molar-refractivity contribution in [3.63, 3.8) is 0 Å². The molecule has 4 nitrogen and oxygen atoms in total. The number of thiophene rings is 1. The van der Waals surface area contributed by atoms with Crippen LogP contribution in [0.1, 0.15) is 0 Å². The second-order valence-electron chi connectivity index (χ2n) is 5.46. The molecule has 0 bridgehead atoms. The first kappa shape index (κ1) is 17.9. The third-order valence-electron chi connectivity index (χ3n) is 3.92. The lowest BCUT2D eigenvalue weighted by Gasteiger charge is -2.33. The molecule has 0 unspecified atom stereocenters. The van der Waals surface area contributed by atoms with Crippen LogP contribution in [0, 0.1) is 5.82 Å². The molecule has 24 heavy (non-hydrogen) atoms. The van der Waals surface area contributed by atoms with E-state index in [-0.39, 0.29) is 5.82 Å². The van der Waals surface area contributed by atoms with Crippen molar-refractivity contribution in [2.45, 2.75) is 9.10 Å². The van der Waals surface area contributed by atoms with E-state index in [2.05, 4.69) is 4.90 Å². The Morgan fingerprint density at radius 2 is 1.83 bits per heavy atom. The van der Waals surface area contributed by atoms with Crippen molar-refractivity contribution >= 4 is 33.1 Å². The number of nitrogens with zero attached hydrogens (tertiary/aromatic N) is 2. The molecule has 3 rings (SSSR count). The Labute approximate surface area is 150 Å². The number of hydrogen-bond donors (Lipinski definition) is 0. The Balaban J connectivity index is 1.47. The van der Waals surface area contributed by atoms with Crippen LogP contribution in [0.2, 0.25) is 0 Å². The van der Waals surface area contributed by atoms with Crippen molar-refractivity contribution in [3.8, 4) is 0 Å². The average Bonchev–Trinajstić information content (AvgIpc) is 3.12. The lowest BCUT2D eigenvalue weighted by molar-refractivity contribution is 0.198. The lowest BCUT2D eigenvalue weighted by Crippen LogP contribution is -2.48. The molecule has 1 saturated heterocycles. The smallest absolute Gasteiger partial charge is 0.252 e. The van der Waals surface area contributed by atoms with Gasteiger partial charge in [-0.3, -0.25) is 4.90 Å². The highest BCUT2D eigenvalue weighted by Gasteiger charge is 2.28. The quantitative estimate of drug-likeness (QED) is 0.716. The van der Waals surface area contributed by atoms with E-state index >= 15 is 0 Å². The number of halogens is 1. The number of sulfonamides is 1. The standard InChI is InChI=1S/C16H19FN2O2S3/c17-14-4-1-2-5-15(14)22-13-11-18-7-9-19(10-8-18)24(20,21)16-6-3-12-23-16/h1-6,12H,7-11,13H2. The van der Waals surface area contributed by atoms with E-state index in [1.165, 1.54) is 29.2 Å². The van der Waals surface area contributed by atoms with E-state index in [1.54, 1.807) is 34.0 Å². The zero-order valence-electron chi connectivity index (χ0n) is 13.1. The highest BCUT2D eigenvalue weighted by Crippen LogP contribution is 2.23. The molecule has 2 heterocycles. The number of piperazine rings is 1. The monoisotopic (exact) mass is 386 g/mol. The number of rotatable bonds is 6. The fraction of sp³-hybridized carbons (Fsp3) is 0.375. The van der Waals surface area contributed by atoms with E-state index in [0.29, 0.717) is 35.3 Å². The highest BCUT2D eigenvalue weighted by atomic mass is 32.2. The summed E-state index contributed by atoms with van der Waals surface area (Å²) in [5, 5.41) is 1.78. The molecule has 1 aliphatic rings.